The number of rotatable bonds is 6. The van der Waals surface area contributed by atoms with Crippen LogP contribution in [0.4, 0.5) is 5.69 Å². The predicted octanol–water partition coefficient (Wildman–Crippen LogP) is 2.68. The molecule has 4 N–H and O–H groups in total. The lowest BCUT2D eigenvalue weighted by Crippen LogP contribution is -2.43. The third-order valence-electron chi connectivity index (χ3n) is 5.98. The van der Waals surface area contributed by atoms with Gasteiger partial charge in [0.1, 0.15) is 5.75 Å². The first kappa shape index (κ1) is 18.2. The minimum Gasteiger partial charge on any atom is -0.489 e. The van der Waals surface area contributed by atoms with E-state index in [4.69, 9.17) is 10.6 Å². The largest absolute Gasteiger partial charge is 0.489 e. The van der Waals surface area contributed by atoms with Crippen LogP contribution in [0.3, 0.4) is 0 Å². The van der Waals surface area contributed by atoms with Crippen LogP contribution in [0.15, 0.2) is 18.3 Å². The van der Waals surface area contributed by atoms with Crippen molar-refractivity contribution in [1.29, 1.82) is 0 Å². The molecule has 2 saturated carbocycles. The van der Waals surface area contributed by atoms with Crippen LogP contribution in [0.2, 0.25) is 0 Å². The molecule has 3 aliphatic rings. The number of nitrogens with zero attached hydrogens (tertiary/aromatic N) is 1. The zero-order valence-corrected chi connectivity index (χ0v) is 16.3. The van der Waals surface area contributed by atoms with Gasteiger partial charge in [-0.1, -0.05) is 0 Å². The molecule has 1 aromatic rings. The van der Waals surface area contributed by atoms with Gasteiger partial charge in [0.2, 0.25) is 5.91 Å². The maximum absolute atomic E-state index is 12.9. The van der Waals surface area contributed by atoms with Gasteiger partial charge in [-0.2, -0.15) is 0 Å². The number of carbonyl (C=O) groups excluding carboxylic acids is 1. The molecule has 1 amide bonds. The number of anilines is 1. The zero-order chi connectivity index (χ0) is 19.0. The molecule has 6 heteroatoms. The average molecular weight is 370 g/mol. The third-order valence-corrected chi connectivity index (χ3v) is 5.98. The van der Waals surface area contributed by atoms with Crippen LogP contribution in [-0.4, -0.2) is 25.1 Å². The fourth-order valence-electron chi connectivity index (χ4n) is 4.01. The van der Waals surface area contributed by atoms with Gasteiger partial charge in [-0.05, 0) is 64.0 Å². The van der Waals surface area contributed by atoms with E-state index in [1.54, 1.807) is 0 Å². The third kappa shape index (κ3) is 3.38. The van der Waals surface area contributed by atoms with E-state index in [0.717, 1.165) is 66.8 Å². The fraction of sp³-hybridized carbons (Fsp3) is 0.571. The van der Waals surface area contributed by atoms with Gasteiger partial charge in [0.05, 0.1) is 17.5 Å². The van der Waals surface area contributed by atoms with Crippen molar-refractivity contribution in [3.05, 3.63) is 29.5 Å². The van der Waals surface area contributed by atoms with Crippen LogP contribution >= 0.6 is 0 Å². The molecule has 0 unspecified atom stereocenters. The molecule has 146 valence electrons. The highest BCUT2D eigenvalue weighted by Crippen LogP contribution is 2.44. The monoisotopic (exact) mass is 370 g/mol. The second-order valence-electron chi connectivity index (χ2n) is 7.97. The number of nitrogens with two attached hydrogens (primary N) is 1. The summed E-state index contributed by atoms with van der Waals surface area (Å²) in [5.41, 5.74) is 6.68. The highest BCUT2D eigenvalue weighted by atomic mass is 16.5. The number of ether oxygens (including phenoxy) is 1. The van der Waals surface area contributed by atoms with Crippen molar-refractivity contribution < 1.29 is 9.53 Å². The van der Waals surface area contributed by atoms with Gasteiger partial charge in [-0.25, -0.2) is 0 Å². The van der Waals surface area contributed by atoms with Gasteiger partial charge in [-0.3, -0.25) is 10.6 Å². The number of nitrogens with one attached hydrogen (secondary N) is 2. The quantitative estimate of drug-likeness (QED) is 0.530. The van der Waals surface area contributed by atoms with Crippen molar-refractivity contribution >= 4 is 17.3 Å². The molecule has 1 aliphatic heterocycles. The van der Waals surface area contributed by atoms with Gasteiger partial charge in [0.15, 0.2) is 0 Å². The summed E-state index contributed by atoms with van der Waals surface area (Å²) in [4.78, 5) is 15.0. The first-order chi connectivity index (χ1) is 13.1. The van der Waals surface area contributed by atoms with Crippen LogP contribution in [0, 0.1) is 5.92 Å². The predicted molar refractivity (Wildman–Crippen MR) is 107 cm³/mol. The highest BCUT2D eigenvalue weighted by molar-refractivity contribution is 5.99. The van der Waals surface area contributed by atoms with Crippen molar-refractivity contribution in [2.45, 2.75) is 64.0 Å². The summed E-state index contributed by atoms with van der Waals surface area (Å²) in [5, 5.41) is 3.04. The van der Waals surface area contributed by atoms with Crippen LogP contribution < -0.4 is 26.2 Å². The molecule has 0 bridgehead atoms. The summed E-state index contributed by atoms with van der Waals surface area (Å²) in [7, 11) is 1.85. The molecule has 1 aromatic carbocycles. The van der Waals surface area contributed by atoms with Crippen molar-refractivity contribution in [3.63, 3.8) is 0 Å². The van der Waals surface area contributed by atoms with E-state index in [1.165, 1.54) is 6.42 Å². The molecule has 27 heavy (non-hydrogen) atoms. The number of hydrogen-bond acceptors (Lipinski definition) is 5. The molecule has 6 nitrogen and oxygen atoms in total. The van der Waals surface area contributed by atoms with Crippen molar-refractivity contribution in [1.82, 2.24) is 10.7 Å². The Bertz CT molecular complexity index is 753. The first-order valence-electron chi connectivity index (χ1n) is 10.1. The van der Waals surface area contributed by atoms with Crippen molar-refractivity contribution in [2.75, 3.05) is 11.9 Å². The topological polar surface area (TPSA) is 79.6 Å². The van der Waals surface area contributed by atoms with Gasteiger partial charge in [0.25, 0.3) is 0 Å². The summed E-state index contributed by atoms with van der Waals surface area (Å²) in [6.07, 6.45) is 9.41. The molecule has 1 heterocycles. The Labute approximate surface area is 161 Å². The van der Waals surface area contributed by atoms with Crippen molar-refractivity contribution in [2.24, 2.45) is 11.8 Å². The molecule has 0 radical (unpaired) electrons. The lowest BCUT2D eigenvalue weighted by Gasteiger charge is -2.38. The van der Waals surface area contributed by atoms with E-state index >= 15 is 0 Å². The van der Waals surface area contributed by atoms with Crippen LogP contribution in [-0.2, 0) is 11.2 Å². The first-order valence-corrected chi connectivity index (χ1v) is 10.1. The number of hydrogen-bond donors (Lipinski definition) is 3. The molecule has 1 atom stereocenters. The molecular formula is C21H30N4O2. The van der Waals surface area contributed by atoms with Gasteiger partial charge in [0, 0.05) is 36.3 Å². The van der Waals surface area contributed by atoms with Crippen molar-refractivity contribution in [3.8, 4) is 5.75 Å². The van der Waals surface area contributed by atoms with E-state index in [2.05, 4.69) is 23.7 Å². The summed E-state index contributed by atoms with van der Waals surface area (Å²) in [6.45, 7) is 2.15. The van der Waals surface area contributed by atoms with Gasteiger partial charge in [-0.15, -0.1) is 0 Å². The number of hydrazine groups is 1. The van der Waals surface area contributed by atoms with Crippen LogP contribution in [0.1, 0.15) is 56.6 Å². The summed E-state index contributed by atoms with van der Waals surface area (Å²) < 4.78 is 6.45. The number of amides is 1. The minimum atomic E-state index is 0.208. The molecule has 4 rings (SSSR count). The number of carbonyl (C=O) groups is 1. The van der Waals surface area contributed by atoms with Gasteiger partial charge < -0.3 is 20.4 Å². The Hall–Kier alpha value is -2.21. The summed E-state index contributed by atoms with van der Waals surface area (Å²) in [5.74, 6) is 7.15. The fourth-order valence-corrected chi connectivity index (χ4v) is 4.01. The molecular weight excluding hydrogens is 340 g/mol. The Morgan fingerprint density at radius 2 is 2.04 bits per heavy atom. The van der Waals surface area contributed by atoms with Crippen LogP contribution in [0.5, 0.6) is 5.75 Å². The Morgan fingerprint density at radius 3 is 2.63 bits per heavy atom. The molecule has 2 aliphatic carbocycles. The summed E-state index contributed by atoms with van der Waals surface area (Å²) in [6, 6.07) is 4.32. The second-order valence-corrected chi connectivity index (χ2v) is 7.97. The number of benzene rings is 1. The molecule has 0 saturated heterocycles. The standard InChI is InChI=1S/C21H30N4O2/c1-13-6-9-17-19(25(13)21(26)14-7-8-14)11-10-16(18(24-22)12-23-2)20(17)27-15-4-3-5-15/h10-15,23-24H,3-9,22H2,1-2H3/b18-12-/t13-/m0/s1. The lowest BCUT2D eigenvalue weighted by atomic mass is 9.91. The smallest absolute Gasteiger partial charge is 0.230 e. The van der Waals surface area contributed by atoms with E-state index in [1.807, 2.05) is 24.2 Å². The molecule has 2 fully saturated rings. The Kier molecular flexibility index (Phi) is 5.00. The van der Waals surface area contributed by atoms with E-state index < -0.39 is 0 Å². The van der Waals surface area contributed by atoms with Gasteiger partial charge >= 0.3 is 0 Å². The van der Waals surface area contributed by atoms with E-state index in [0.29, 0.717) is 0 Å². The molecule has 0 aromatic heterocycles. The lowest BCUT2D eigenvalue weighted by molar-refractivity contribution is -0.120. The van der Waals surface area contributed by atoms with E-state index in [-0.39, 0.29) is 24.0 Å². The second kappa shape index (κ2) is 7.43. The SMILES string of the molecule is CN/C=C(\NN)c1ccc2c(c1OC1CCC1)CC[C@H](C)N2C(=O)C1CC1. The Morgan fingerprint density at radius 1 is 1.26 bits per heavy atom. The number of fused-ring (bicyclic) bond motifs is 1. The highest BCUT2D eigenvalue weighted by Gasteiger charge is 2.39. The minimum absolute atomic E-state index is 0.208. The van der Waals surface area contributed by atoms with Crippen LogP contribution in [0.25, 0.3) is 5.70 Å². The molecule has 0 spiro atoms. The maximum atomic E-state index is 12.9. The average Bonchev–Trinajstić information content (AvgIpc) is 3.47. The summed E-state index contributed by atoms with van der Waals surface area (Å²) >= 11 is 0. The zero-order valence-electron chi connectivity index (χ0n) is 16.3. The normalized spacial score (nSPS) is 22.7. The Balaban J connectivity index is 1.79. The van der Waals surface area contributed by atoms with E-state index in [9.17, 15) is 4.79 Å². The maximum Gasteiger partial charge on any atom is 0.230 e.